The Morgan fingerprint density at radius 1 is 1.03 bits per heavy atom. The Balaban J connectivity index is 2.04. The molecule has 1 unspecified atom stereocenters. The fourth-order valence-corrected chi connectivity index (χ4v) is 3.15. The van der Waals surface area contributed by atoms with Crippen LogP contribution in [0, 0.1) is 5.92 Å². The molecular formula is C24H31NO5. The van der Waals surface area contributed by atoms with Gasteiger partial charge in [0.25, 0.3) is 0 Å². The maximum Gasteiger partial charge on any atom is 0.333 e. The lowest BCUT2D eigenvalue weighted by Gasteiger charge is -2.18. The zero-order chi connectivity index (χ0) is 21.9. The largest absolute Gasteiger partial charge is 0.497 e. The second kappa shape index (κ2) is 11.9. The molecule has 6 heteroatoms. The lowest BCUT2D eigenvalue weighted by molar-refractivity contribution is -0.145. The van der Waals surface area contributed by atoms with Crippen LogP contribution >= 0.6 is 0 Å². The molecule has 6 nitrogen and oxygen atoms in total. The number of carbonyl (C=O) groups is 2. The number of ether oxygens (including phenoxy) is 3. The van der Waals surface area contributed by atoms with E-state index in [9.17, 15) is 9.59 Å². The van der Waals surface area contributed by atoms with Crippen molar-refractivity contribution in [1.82, 2.24) is 5.32 Å². The molecule has 0 aliphatic carbocycles. The Morgan fingerprint density at radius 3 is 2.40 bits per heavy atom. The molecule has 2 aromatic rings. The Bertz CT molecular complexity index is 819. The minimum atomic E-state index is -0.888. The molecule has 2 rings (SSSR count). The van der Waals surface area contributed by atoms with Crippen molar-refractivity contribution in [1.29, 1.82) is 0 Å². The van der Waals surface area contributed by atoms with Gasteiger partial charge in [-0.1, -0.05) is 44.5 Å². The van der Waals surface area contributed by atoms with Gasteiger partial charge in [0, 0.05) is 0 Å². The maximum absolute atomic E-state index is 12.5. The van der Waals surface area contributed by atoms with Crippen molar-refractivity contribution < 1.29 is 23.8 Å². The predicted molar refractivity (Wildman–Crippen MR) is 116 cm³/mol. The summed E-state index contributed by atoms with van der Waals surface area (Å²) in [7, 11) is 2.88. The van der Waals surface area contributed by atoms with Gasteiger partial charge in [0.05, 0.1) is 27.2 Å². The van der Waals surface area contributed by atoms with Gasteiger partial charge < -0.3 is 19.5 Å². The molecule has 0 aliphatic heterocycles. The first-order valence-corrected chi connectivity index (χ1v) is 10.2. The average molecular weight is 414 g/mol. The van der Waals surface area contributed by atoms with Crippen molar-refractivity contribution in [2.75, 3.05) is 20.8 Å². The van der Waals surface area contributed by atoms with Crippen LogP contribution in [0.2, 0.25) is 0 Å². The van der Waals surface area contributed by atoms with Crippen LogP contribution in [-0.2, 0) is 20.7 Å². The van der Waals surface area contributed by atoms with Crippen LogP contribution in [-0.4, -0.2) is 32.7 Å². The minimum Gasteiger partial charge on any atom is -0.497 e. The van der Waals surface area contributed by atoms with Gasteiger partial charge in [-0.05, 0) is 47.7 Å². The zero-order valence-electron chi connectivity index (χ0n) is 18.1. The molecule has 0 aromatic heterocycles. The summed E-state index contributed by atoms with van der Waals surface area (Å²) in [6.45, 7) is 4.95. The highest BCUT2D eigenvalue weighted by Crippen LogP contribution is 2.21. The number of carbonyl (C=O) groups excluding carboxylic acids is 2. The first-order valence-electron chi connectivity index (χ1n) is 10.2. The van der Waals surface area contributed by atoms with E-state index in [0.717, 1.165) is 24.2 Å². The van der Waals surface area contributed by atoms with Crippen LogP contribution in [0.25, 0.3) is 0 Å². The average Bonchev–Trinajstić information content (AvgIpc) is 2.76. The van der Waals surface area contributed by atoms with Crippen LogP contribution in [0.4, 0.5) is 0 Å². The van der Waals surface area contributed by atoms with Crippen LogP contribution in [0.5, 0.6) is 11.5 Å². The van der Waals surface area contributed by atoms with Crippen LogP contribution in [0.1, 0.15) is 43.9 Å². The molecule has 0 spiro atoms. The van der Waals surface area contributed by atoms with E-state index in [2.05, 4.69) is 19.2 Å². The monoisotopic (exact) mass is 413 g/mol. The Kier molecular flexibility index (Phi) is 9.19. The second-order valence-corrected chi connectivity index (χ2v) is 7.33. The highest BCUT2D eigenvalue weighted by molar-refractivity contribution is 5.86. The molecular weight excluding hydrogens is 382 g/mol. The van der Waals surface area contributed by atoms with Crippen molar-refractivity contribution in [3.8, 4) is 11.5 Å². The van der Waals surface area contributed by atoms with E-state index in [1.165, 1.54) is 7.11 Å². The molecule has 0 saturated heterocycles. The van der Waals surface area contributed by atoms with Gasteiger partial charge in [0.2, 0.25) is 5.91 Å². The first-order chi connectivity index (χ1) is 14.5. The molecule has 1 amide bonds. The molecule has 2 atom stereocenters. The van der Waals surface area contributed by atoms with Gasteiger partial charge in [-0.3, -0.25) is 4.79 Å². The van der Waals surface area contributed by atoms with Gasteiger partial charge in [-0.25, -0.2) is 4.79 Å². The number of nitrogens with one attached hydrogen (secondary N) is 1. The number of rotatable bonds is 11. The third kappa shape index (κ3) is 7.10. The topological polar surface area (TPSA) is 73.9 Å². The van der Waals surface area contributed by atoms with Crippen molar-refractivity contribution in [2.45, 2.75) is 39.2 Å². The Labute approximate surface area is 178 Å². The third-order valence-corrected chi connectivity index (χ3v) is 4.77. The molecule has 0 fully saturated rings. The van der Waals surface area contributed by atoms with Gasteiger partial charge in [-0.15, -0.1) is 0 Å². The van der Waals surface area contributed by atoms with Crippen molar-refractivity contribution in [2.24, 2.45) is 5.92 Å². The normalized spacial score (nSPS) is 12.5. The van der Waals surface area contributed by atoms with Crippen LogP contribution < -0.4 is 14.8 Å². The van der Waals surface area contributed by atoms with Gasteiger partial charge in [-0.2, -0.15) is 0 Å². The predicted octanol–water partition coefficient (Wildman–Crippen LogP) is 4.08. The van der Waals surface area contributed by atoms with E-state index in [4.69, 9.17) is 14.2 Å². The van der Waals surface area contributed by atoms with Crippen LogP contribution in [0.3, 0.4) is 0 Å². The summed E-state index contributed by atoms with van der Waals surface area (Å²) in [5.74, 6) is 1.07. The number of amides is 1. The molecule has 0 bridgehead atoms. The Morgan fingerprint density at radius 2 is 1.77 bits per heavy atom. The molecule has 2 aromatic carbocycles. The number of hydrogen-bond acceptors (Lipinski definition) is 5. The molecule has 0 saturated carbocycles. The summed E-state index contributed by atoms with van der Waals surface area (Å²) >= 11 is 0. The SMILES string of the molecule is CCCC(C)COc1ccc([C@@H](NC(=O)Cc2cccc(OC)c2)C(=O)OC)cc1. The second-order valence-electron chi connectivity index (χ2n) is 7.33. The first kappa shape index (κ1) is 23.3. The lowest BCUT2D eigenvalue weighted by Crippen LogP contribution is -2.35. The Hall–Kier alpha value is -3.02. The van der Waals surface area contributed by atoms with Crippen molar-refractivity contribution in [3.63, 3.8) is 0 Å². The van der Waals surface area contributed by atoms with Crippen molar-refractivity contribution in [3.05, 3.63) is 59.7 Å². The molecule has 0 aliphatic rings. The lowest BCUT2D eigenvalue weighted by atomic mass is 10.1. The fraction of sp³-hybridized carbons (Fsp3) is 0.417. The highest BCUT2D eigenvalue weighted by Gasteiger charge is 2.23. The number of esters is 1. The number of hydrogen-bond donors (Lipinski definition) is 1. The summed E-state index contributed by atoms with van der Waals surface area (Å²) in [6, 6.07) is 13.5. The zero-order valence-corrected chi connectivity index (χ0v) is 18.1. The molecule has 1 N–H and O–H groups in total. The minimum absolute atomic E-state index is 0.126. The van der Waals surface area contributed by atoms with E-state index in [1.54, 1.807) is 37.4 Å². The van der Waals surface area contributed by atoms with Gasteiger partial charge in [0.1, 0.15) is 11.5 Å². The molecule has 162 valence electrons. The summed E-state index contributed by atoms with van der Waals surface area (Å²) < 4.78 is 15.9. The third-order valence-electron chi connectivity index (χ3n) is 4.77. The summed E-state index contributed by atoms with van der Waals surface area (Å²) in [5, 5.41) is 2.76. The van der Waals surface area contributed by atoms with Crippen LogP contribution in [0.15, 0.2) is 48.5 Å². The van der Waals surface area contributed by atoms with Gasteiger partial charge in [0.15, 0.2) is 6.04 Å². The molecule has 0 heterocycles. The smallest absolute Gasteiger partial charge is 0.333 e. The highest BCUT2D eigenvalue weighted by atomic mass is 16.5. The molecule has 0 radical (unpaired) electrons. The van der Waals surface area contributed by atoms with E-state index in [1.807, 2.05) is 18.2 Å². The standard InChI is InChI=1S/C24H31NO5/c1-5-7-17(2)16-30-20-12-10-19(11-13-20)23(24(27)29-4)25-22(26)15-18-8-6-9-21(14-18)28-3/h6,8-14,17,23H,5,7,15-16H2,1-4H3,(H,25,26)/t17?,23-/m1/s1. The maximum atomic E-state index is 12.5. The molecule has 30 heavy (non-hydrogen) atoms. The van der Waals surface area contributed by atoms with Gasteiger partial charge >= 0.3 is 5.97 Å². The van der Waals surface area contributed by atoms with E-state index >= 15 is 0 Å². The number of benzene rings is 2. The summed E-state index contributed by atoms with van der Waals surface area (Å²) in [4.78, 5) is 24.8. The summed E-state index contributed by atoms with van der Waals surface area (Å²) in [5.41, 5.74) is 1.43. The fourth-order valence-electron chi connectivity index (χ4n) is 3.15. The summed E-state index contributed by atoms with van der Waals surface area (Å²) in [6.07, 6.45) is 2.36. The van der Waals surface area contributed by atoms with E-state index < -0.39 is 12.0 Å². The van der Waals surface area contributed by atoms with Crippen molar-refractivity contribution >= 4 is 11.9 Å². The quantitative estimate of drug-likeness (QED) is 0.562. The number of methoxy groups -OCH3 is 2. The van der Waals surface area contributed by atoms with E-state index in [-0.39, 0.29) is 12.3 Å². The van der Waals surface area contributed by atoms with E-state index in [0.29, 0.717) is 23.8 Å².